The first kappa shape index (κ1) is 53.6. The lowest BCUT2D eigenvalue weighted by atomic mass is 9.49. The number of benzene rings is 3. The third kappa shape index (κ3) is 11.3. The molecule has 2 aliphatic carbocycles. The molecule has 3 aromatic carbocycles. The second-order valence-corrected chi connectivity index (χ2v) is 21.8. The Morgan fingerprint density at radius 2 is 1.70 bits per heavy atom. The SMILES string of the molecule is CN=C/C(=C\N)c1cc2c(cc1C(F)F)N(C(=N)C1=C(NC3CCN(C4CCCC(C#Cc5ccc(C(=O)NC6C(C)(C)C(Oc7ccc(C#N)c(OC)c7)C6(C)C)cc5)CC4)CC3)CCN(C(C)=O)C1)CCC2.[HH]. The van der Waals surface area contributed by atoms with Gasteiger partial charge in [-0.3, -0.25) is 20.0 Å². The van der Waals surface area contributed by atoms with Gasteiger partial charge in [0.15, 0.2) is 0 Å². The van der Waals surface area contributed by atoms with Gasteiger partial charge in [-0.2, -0.15) is 5.26 Å². The molecule has 1 saturated heterocycles. The highest BCUT2D eigenvalue weighted by molar-refractivity contribution is 6.12. The molecule has 13 nitrogen and oxygen atoms in total. The number of fused-ring (bicyclic) bond motifs is 1. The Labute approximate surface area is 437 Å². The van der Waals surface area contributed by atoms with E-state index in [0.29, 0.717) is 83.9 Å². The van der Waals surface area contributed by atoms with E-state index in [4.69, 9.17) is 15.2 Å². The number of aliphatic imine (C=N–C) groups is 1. The summed E-state index contributed by atoms with van der Waals surface area (Å²) in [6, 6.07) is 18.8. The van der Waals surface area contributed by atoms with Crippen LogP contribution in [-0.4, -0.2) is 105 Å². The van der Waals surface area contributed by atoms with Crippen molar-refractivity contribution < 1.29 is 29.3 Å². The number of nitrogens with one attached hydrogen (secondary N) is 3. The molecular formula is C59H75F2N9O4. The van der Waals surface area contributed by atoms with E-state index >= 15 is 0 Å². The second kappa shape index (κ2) is 22.8. The number of aryl methyl sites for hydroxylation is 1. The van der Waals surface area contributed by atoms with E-state index < -0.39 is 6.43 Å². The number of hydrogen-bond acceptors (Lipinski definition) is 10. The van der Waals surface area contributed by atoms with Crippen LogP contribution in [0.5, 0.6) is 11.5 Å². The van der Waals surface area contributed by atoms with Crippen LogP contribution in [0.1, 0.15) is 138 Å². The van der Waals surface area contributed by atoms with Gasteiger partial charge in [0.25, 0.3) is 12.3 Å². The minimum atomic E-state index is -2.75. The van der Waals surface area contributed by atoms with Crippen LogP contribution in [0, 0.1) is 45.3 Å². The summed E-state index contributed by atoms with van der Waals surface area (Å²) in [5.74, 6) is 8.43. The van der Waals surface area contributed by atoms with Crippen LogP contribution in [0.25, 0.3) is 5.57 Å². The first-order valence-electron chi connectivity index (χ1n) is 26.3. The molecule has 0 radical (unpaired) electrons. The summed E-state index contributed by atoms with van der Waals surface area (Å²) in [5.41, 5.74) is 10.8. The molecule has 2 amide bonds. The van der Waals surface area contributed by atoms with Gasteiger partial charge in [0.2, 0.25) is 5.91 Å². The average Bonchev–Trinajstić information content (AvgIpc) is 3.65. The molecule has 74 heavy (non-hydrogen) atoms. The van der Waals surface area contributed by atoms with Crippen molar-refractivity contribution in [2.75, 3.05) is 51.8 Å². The highest BCUT2D eigenvalue weighted by Gasteiger charge is 2.64. The molecule has 3 aromatic rings. The Morgan fingerprint density at radius 1 is 0.959 bits per heavy atom. The van der Waals surface area contributed by atoms with Crippen LogP contribution >= 0.6 is 0 Å². The maximum atomic E-state index is 14.6. The van der Waals surface area contributed by atoms with Crippen molar-refractivity contribution in [2.24, 2.45) is 27.5 Å². The number of rotatable bonds is 12. The maximum Gasteiger partial charge on any atom is 0.264 e. The number of amidine groups is 1. The number of nitrogens with zero attached hydrogens (tertiary/aromatic N) is 5. The van der Waals surface area contributed by atoms with E-state index in [0.717, 1.165) is 86.9 Å². The average molecular weight is 1010 g/mol. The number of hydrogen-bond donors (Lipinski definition) is 4. The Balaban J connectivity index is 0.00000820. The van der Waals surface area contributed by atoms with Crippen LogP contribution in [0.2, 0.25) is 0 Å². The van der Waals surface area contributed by atoms with Crippen molar-refractivity contribution in [2.45, 2.75) is 129 Å². The van der Waals surface area contributed by atoms with Gasteiger partial charge in [0.1, 0.15) is 29.5 Å². The largest absolute Gasteiger partial charge is 0.495 e. The topological polar surface area (TPSA) is 172 Å². The van der Waals surface area contributed by atoms with Crippen LogP contribution in [0.15, 0.2) is 77.1 Å². The number of likely N-dealkylation sites (tertiary alicyclic amines) is 1. The molecule has 3 heterocycles. The highest BCUT2D eigenvalue weighted by Crippen LogP contribution is 2.56. The standard InChI is InChI=1S/C59H73F2N9O4.H2/c1-37(71)69-29-25-50(49(36-69)54(64)70-26-9-11-41-30-47(43(34-63)35-65-6)48(53(60)61)32-51(41)70)66-44-23-27-68(28-24-44)45-12-8-10-38(17-21-45)13-14-39-15-18-40(19-16-39)55(72)67-56-58(2,3)57(59(56,4)5)74-46-22-20-42(33-62)52(31-46)73-7;/h15-16,18-20,22,30-32,34-35,38,44-45,53,56-57,64,66H,8-12,17,21,23-29,36,63H2,1-7H3,(H,67,72);1H/b43-34+,64-54?,65-35?;. The summed E-state index contributed by atoms with van der Waals surface area (Å²) >= 11 is 0. The molecular weight excluding hydrogens is 937 g/mol. The molecule has 5 aliphatic rings. The normalized spacial score (nSPS) is 23.2. The summed E-state index contributed by atoms with van der Waals surface area (Å²) in [7, 11) is 3.11. The monoisotopic (exact) mass is 1010 g/mol. The molecule has 5 N–H and O–H groups in total. The Bertz CT molecular complexity index is 2790. The first-order chi connectivity index (χ1) is 35.5. The van der Waals surface area contributed by atoms with E-state index in [1.54, 1.807) is 43.1 Å². The third-order valence-electron chi connectivity index (χ3n) is 16.3. The van der Waals surface area contributed by atoms with E-state index in [-0.39, 0.29) is 53.7 Å². The molecule has 0 spiro atoms. The zero-order valence-corrected chi connectivity index (χ0v) is 44.1. The first-order valence-corrected chi connectivity index (χ1v) is 26.3. The number of anilines is 1. The number of carbonyl (C=O) groups excluding carboxylic acids is 2. The molecule has 394 valence electrons. The number of ether oxygens (including phenoxy) is 2. The highest BCUT2D eigenvalue weighted by atomic mass is 19.3. The zero-order valence-electron chi connectivity index (χ0n) is 44.1. The van der Waals surface area contributed by atoms with Gasteiger partial charge in [0.05, 0.1) is 19.2 Å². The van der Waals surface area contributed by atoms with Crippen molar-refractivity contribution in [1.82, 2.24) is 20.4 Å². The van der Waals surface area contributed by atoms with E-state index in [9.17, 15) is 29.0 Å². The van der Waals surface area contributed by atoms with Gasteiger partial charge in [0, 0.05) is 141 Å². The summed E-state index contributed by atoms with van der Waals surface area (Å²) in [6.07, 6.45) is 9.24. The number of nitrogens with two attached hydrogens (primary N) is 1. The van der Waals surface area contributed by atoms with Crippen LogP contribution < -0.4 is 30.7 Å². The number of piperidine rings is 1. The smallest absolute Gasteiger partial charge is 0.264 e. The Hall–Kier alpha value is -6.71. The van der Waals surface area contributed by atoms with Crippen molar-refractivity contribution in [3.63, 3.8) is 0 Å². The predicted molar refractivity (Wildman–Crippen MR) is 290 cm³/mol. The van der Waals surface area contributed by atoms with Crippen LogP contribution in [0.3, 0.4) is 0 Å². The van der Waals surface area contributed by atoms with Crippen molar-refractivity contribution >= 4 is 35.1 Å². The number of carbonyl (C=O) groups is 2. The minimum Gasteiger partial charge on any atom is -0.495 e. The fraction of sp³-hybridized carbons (Fsp3) is 0.508. The molecule has 3 fully saturated rings. The van der Waals surface area contributed by atoms with E-state index in [2.05, 4.69) is 66.1 Å². The van der Waals surface area contributed by atoms with Gasteiger partial charge in [-0.15, -0.1) is 0 Å². The van der Waals surface area contributed by atoms with Gasteiger partial charge in [-0.25, -0.2) is 8.78 Å². The van der Waals surface area contributed by atoms with Crippen LogP contribution in [-0.2, 0) is 11.2 Å². The molecule has 2 saturated carbocycles. The lowest BCUT2D eigenvalue weighted by Crippen LogP contribution is -2.74. The number of nitriles is 1. The summed E-state index contributed by atoms with van der Waals surface area (Å²) < 4.78 is 41.1. The molecule has 2 atom stereocenters. The zero-order chi connectivity index (χ0) is 52.9. The number of halogens is 2. The van der Waals surface area contributed by atoms with E-state index in [1.807, 2.05) is 29.2 Å². The maximum absolute atomic E-state index is 14.6. The van der Waals surface area contributed by atoms with Gasteiger partial charge in [-0.1, -0.05) is 46.0 Å². The van der Waals surface area contributed by atoms with Gasteiger partial charge < -0.3 is 40.5 Å². The Kier molecular flexibility index (Phi) is 16.5. The third-order valence-corrected chi connectivity index (χ3v) is 16.3. The summed E-state index contributed by atoms with van der Waals surface area (Å²) in [5, 5.41) is 26.1. The van der Waals surface area contributed by atoms with Gasteiger partial charge in [-0.05, 0) is 111 Å². The lowest BCUT2D eigenvalue weighted by molar-refractivity contribution is -0.164. The van der Waals surface area contributed by atoms with Gasteiger partial charge >= 0.3 is 0 Å². The van der Waals surface area contributed by atoms with Crippen molar-refractivity contribution in [1.29, 1.82) is 10.7 Å². The number of alkyl halides is 2. The summed E-state index contributed by atoms with van der Waals surface area (Å²) in [4.78, 5) is 36.6. The lowest BCUT2D eigenvalue weighted by Gasteiger charge is -2.63. The van der Waals surface area contributed by atoms with Crippen molar-refractivity contribution in [3.8, 4) is 29.4 Å². The number of allylic oxidation sites excluding steroid dienone is 1. The summed E-state index contributed by atoms with van der Waals surface area (Å²) in [6.45, 7) is 13.3. The number of amides is 2. The van der Waals surface area contributed by atoms with Crippen molar-refractivity contribution in [3.05, 3.63) is 105 Å². The second-order valence-electron chi connectivity index (χ2n) is 21.8. The van der Waals surface area contributed by atoms with Crippen LogP contribution in [0.4, 0.5) is 14.5 Å². The molecule has 3 aliphatic heterocycles. The predicted octanol–water partition coefficient (Wildman–Crippen LogP) is 9.65. The Morgan fingerprint density at radius 3 is 2.36 bits per heavy atom. The molecule has 2 unspecified atom stereocenters. The quantitative estimate of drug-likeness (QED) is 0.0597. The molecule has 8 rings (SSSR count). The number of methoxy groups -OCH3 is 1. The molecule has 0 bridgehead atoms. The molecule has 15 heteroatoms. The minimum absolute atomic E-state index is 0. The fourth-order valence-corrected chi connectivity index (χ4v) is 12.5. The van der Waals surface area contributed by atoms with E-state index in [1.165, 1.54) is 25.6 Å². The molecule has 0 aromatic heterocycles. The fourth-order valence-electron chi connectivity index (χ4n) is 12.5.